The largest absolute Gasteiger partial charge is 0.480 e. The Kier molecular flexibility index (Phi) is 7.63. The number of aryl methyl sites for hydroxylation is 1. The van der Waals surface area contributed by atoms with E-state index in [9.17, 15) is 14.7 Å². The van der Waals surface area contributed by atoms with Gasteiger partial charge in [-0.05, 0) is 59.7 Å². The molecular formula is C21H25N3O3S. The monoisotopic (exact) mass is 399 g/mol. The summed E-state index contributed by atoms with van der Waals surface area (Å²) in [6.45, 7) is 1.95. The van der Waals surface area contributed by atoms with Crippen LogP contribution in [-0.4, -0.2) is 40.9 Å². The smallest absolute Gasteiger partial charge is 0.326 e. The molecule has 0 heterocycles. The normalized spacial score (nSPS) is 11.6. The fourth-order valence-corrected chi connectivity index (χ4v) is 3.42. The lowest BCUT2D eigenvalue weighted by Crippen LogP contribution is -2.41. The van der Waals surface area contributed by atoms with Crippen molar-refractivity contribution in [3.63, 3.8) is 0 Å². The zero-order valence-electron chi connectivity index (χ0n) is 16.0. The Morgan fingerprint density at radius 1 is 1.21 bits per heavy atom. The summed E-state index contributed by atoms with van der Waals surface area (Å²) in [5.74, 6) is -0.801. The van der Waals surface area contributed by atoms with Crippen molar-refractivity contribution in [1.29, 1.82) is 5.41 Å². The van der Waals surface area contributed by atoms with E-state index in [0.29, 0.717) is 23.3 Å². The van der Waals surface area contributed by atoms with Gasteiger partial charge in [-0.3, -0.25) is 10.2 Å². The molecule has 0 aliphatic carbocycles. The molecule has 5 N–H and O–H groups in total. The van der Waals surface area contributed by atoms with E-state index >= 15 is 0 Å². The number of carboxylic acid groups (broad SMARTS) is 1. The highest BCUT2D eigenvalue weighted by Gasteiger charge is 2.22. The quantitative estimate of drug-likeness (QED) is 0.382. The number of benzene rings is 2. The number of carbonyl (C=O) groups excluding carboxylic acids is 1. The minimum Gasteiger partial charge on any atom is -0.480 e. The molecule has 1 unspecified atom stereocenters. The summed E-state index contributed by atoms with van der Waals surface area (Å²) < 4.78 is 0. The van der Waals surface area contributed by atoms with Gasteiger partial charge in [0.25, 0.3) is 5.91 Å². The number of carbonyl (C=O) groups is 2. The van der Waals surface area contributed by atoms with Crippen LogP contribution in [0.15, 0.2) is 42.5 Å². The molecule has 148 valence electrons. The van der Waals surface area contributed by atoms with Gasteiger partial charge in [0, 0.05) is 12.0 Å². The van der Waals surface area contributed by atoms with Crippen molar-refractivity contribution in [3.05, 3.63) is 59.2 Å². The Hall–Kier alpha value is -2.80. The Bertz CT molecular complexity index is 883. The van der Waals surface area contributed by atoms with Gasteiger partial charge in [-0.2, -0.15) is 11.8 Å². The SMILES string of the molecule is CSCCC(NC(=O)c1ccc(CC(=N)N)cc1-c1ccccc1C)C(=O)O. The number of carboxylic acids is 1. The van der Waals surface area contributed by atoms with E-state index < -0.39 is 17.9 Å². The third-order valence-corrected chi connectivity index (χ3v) is 5.02. The molecule has 1 atom stereocenters. The van der Waals surface area contributed by atoms with Gasteiger partial charge >= 0.3 is 5.97 Å². The third-order valence-electron chi connectivity index (χ3n) is 4.37. The summed E-state index contributed by atoms with van der Waals surface area (Å²) in [4.78, 5) is 24.4. The average molecular weight is 400 g/mol. The van der Waals surface area contributed by atoms with Gasteiger partial charge in [0.15, 0.2) is 0 Å². The molecule has 1 amide bonds. The number of nitrogens with two attached hydrogens (primary N) is 1. The van der Waals surface area contributed by atoms with Crippen molar-refractivity contribution in [2.45, 2.75) is 25.8 Å². The highest BCUT2D eigenvalue weighted by atomic mass is 32.2. The molecule has 2 aromatic rings. The van der Waals surface area contributed by atoms with E-state index in [1.54, 1.807) is 12.1 Å². The predicted molar refractivity (Wildman–Crippen MR) is 114 cm³/mol. The standard InChI is InChI=1S/C21H25N3O3S/c1-13-5-3-4-6-15(13)17-11-14(12-19(22)23)7-8-16(17)20(25)24-18(21(26)27)9-10-28-2/h3-8,11,18H,9-10,12H2,1-2H3,(H3,22,23)(H,24,25)(H,26,27). The predicted octanol–water partition coefficient (Wildman–Crippen LogP) is 3.08. The van der Waals surface area contributed by atoms with Gasteiger partial charge in [0.1, 0.15) is 6.04 Å². The lowest BCUT2D eigenvalue weighted by Gasteiger charge is -2.17. The van der Waals surface area contributed by atoms with E-state index in [2.05, 4.69) is 5.32 Å². The summed E-state index contributed by atoms with van der Waals surface area (Å²) in [5.41, 5.74) is 9.32. The highest BCUT2D eigenvalue weighted by molar-refractivity contribution is 7.98. The minimum absolute atomic E-state index is 0.0379. The number of hydrogen-bond donors (Lipinski definition) is 4. The molecule has 2 aromatic carbocycles. The van der Waals surface area contributed by atoms with Crippen LogP contribution in [-0.2, 0) is 11.2 Å². The number of amides is 1. The summed E-state index contributed by atoms with van der Waals surface area (Å²) in [6, 6.07) is 12.0. The molecule has 28 heavy (non-hydrogen) atoms. The number of rotatable bonds is 9. The van der Waals surface area contributed by atoms with Gasteiger partial charge in [0.2, 0.25) is 0 Å². The lowest BCUT2D eigenvalue weighted by molar-refractivity contribution is -0.139. The van der Waals surface area contributed by atoms with E-state index in [4.69, 9.17) is 11.1 Å². The van der Waals surface area contributed by atoms with E-state index in [-0.39, 0.29) is 12.3 Å². The Morgan fingerprint density at radius 2 is 1.93 bits per heavy atom. The molecule has 0 saturated carbocycles. The van der Waals surface area contributed by atoms with E-state index in [1.807, 2.05) is 43.5 Å². The fourth-order valence-electron chi connectivity index (χ4n) is 2.95. The van der Waals surface area contributed by atoms with Crippen LogP contribution in [0.5, 0.6) is 0 Å². The molecule has 7 heteroatoms. The van der Waals surface area contributed by atoms with Gasteiger partial charge in [-0.25, -0.2) is 4.79 Å². The molecule has 0 saturated heterocycles. The first kappa shape index (κ1) is 21.5. The van der Waals surface area contributed by atoms with Crippen LogP contribution in [0.4, 0.5) is 0 Å². The van der Waals surface area contributed by atoms with Crippen molar-refractivity contribution in [2.75, 3.05) is 12.0 Å². The number of aliphatic carboxylic acids is 1. The van der Waals surface area contributed by atoms with Gasteiger partial charge in [-0.15, -0.1) is 0 Å². The zero-order chi connectivity index (χ0) is 20.7. The summed E-state index contributed by atoms with van der Waals surface area (Å²) in [5, 5.41) is 19.6. The van der Waals surface area contributed by atoms with Crippen molar-refractivity contribution < 1.29 is 14.7 Å². The Labute approximate surface area is 169 Å². The van der Waals surface area contributed by atoms with E-state index in [0.717, 1.165) is 16.7 Å². The molecule has 0 spiro atoms. The third kappa shape index (κ3) is 5.60. The number of amidine groups is 1. The maximum absolute atomic E-state index is 12.9. The van der Waals surface area contributed by atoms with Crippen LogP contribution >= 0.6 is 11.8 Å². The topological polar surface area (TPSA) is 116 Å². The number of nitrogens with one attached hydrogen (secondary N) is 2. The van der Waals surface area contributed by atoms with Crippen LogP contribution < -0.4 is 11.1 Å². The van der Waals surface area contributed by atoms with Crippen molar-refractivity contribution in [1.82, 2.24) is 5.32 Å². The molecule has 6 nitrogen and oxygen atoms in total. The highest BCUT2D eigenvalue weighted by Crippen LogP contribution is 2.28. The molecule has 0 bridgehead atoms. The molecule has 0 fully saturated rings. The maximum atomic E-state index is 12.9. The van der Waals surface area contributed by atoms with Crippen molar-refractivity contribution in [2.24, 2.45) is 5.73 Å². The Balaban J connectivity index is 2.44. The second kappa shape index (κ2) is 9.94. The lowest BCUT2D eigenvalue weighted by atomic mass is 9.93. The first-order valence-electron chi connectivity index (χ1n) is 8.88. The maximum Gasteiger partial charge on any atom is 0.326 e. The van der Waals surface area contributed by atoms with Crippen LogP contribution in [0.1, 0.15) is 27.9 Å². The summed E-state index contributed by atoms with van der Waals surface area (Å²) in [6.07, 6.45) is 2.53. The first-order chi connectivity index (χ1) is 13.3. The summed E-state index contributed by atoms with van der Waals surface area (Å²) >= 11 is 1.53. The van der Waals surface area contributed by atoms with Crippen molar-refractivity contribution >= 4 is 29.5 Å². The number of hydrogen-bond acceptors (Lipinski definition) is 4. The second-order valence-electron chi connectivity index (χ2n) is 6.54. The van der Waals surface area contributed by atoms with Crippen molar-refractivity contribution in [3.8, 4) is 11.1 Å². The molecule has 2 rings (SSSR count). The van der Waals surface area contributed by atoms with Crippen LogP contribution in [0.25, 0.3) is 11.1 Å². The molecule has 0 aliphatic heterocycles. The van der Waals surface area contributed by atoms with E-state index in [1.165, 1.54) is 11.8 Å². The van der Waals surface area contributed by atoms with Crippen LogP contribution in [0.2, 0.25) is 0 Å². The number of thioether (sulfide) groups is 1. The van der Waals surface area contributed by atoms with Gasteiger partial charge < -0.3 is 16.2 Å². The Morgan fingerprint density at radius 3 is 2.54 bits per heavy atom. The molecule has 0 aliphatic rings. The minimum atomic E-state index is -1.05. The van der Waals surface area contributed by atoms with Gasteiger partial charge in [0.05, 0.1) is 5.84 Å². The second-order valence-corrected chi connectivity index (χ2v) is 7.53. The van der Waals surface area contributed by atoms with Gasteiger partial charge in [-0.1, -0.05) is 30.3 Å². The fraction of sp³-hybridized carbons (Fsp3) is 0.286. The molecule has 0 aromatic heterocycles. The average Bonchev–Trinajstić information content (AvgIpc) is 2.64. The molecular weight excluding hydrogens is 374 g/mol. The first-order valence-corrected chi connectivity index (χ1v) is 10.3. The van der Waals surface area contributed by atoms with Crippen LogP contribution in [0, 0.1) is 12.3 Å². The molecule has 0 radical (unpaired) electrons. The summed E-state index contributed by atoms with van der Waals surface area (Å²) in [7, 11) is 0. The zero-order valence-corrected chi connectivity index (χ0v) is 16.8. The van der Waals surface area contributed by atoms with Crippen LogP contribution in [0.3, 0.4) is 0 Å².